The zero-order valence-corrected chi connectivity index (χ0v) is 20.4. The second kappa shape index (κ2) is 13.4. The summed E-state index contributed by atoms with van der Waals surface area (Å²) < 4.78 is 0. The first kappa shape index (κ1) is 26.1. The van der Waals surface area contributed by atoms with Crippen molar-refractivity contribution in [3.8, 4) is 0 Å². The molecule has 1 saturated heterocycles. The van der Waals surface area contributed by atoms with Crippen LogP contribution in [0.1, 0.15) is 111 Å². The van der Waals surface area contributed by atoms with Crippen molar-refractivity contribution in [3.05, 3.63) is 12.2 Å². The molecule has 1 aliphatic carbocycles. The summed E-state index contributed by atoms with van der Waals surface area (Å²) in [4.78, 5) is 26.9. The molecule has 1 aliphatic heterocycles. The molecule has 1 heterocycles. The predicted octanol–water partition coefficient (Wildman–Crippen LogP) is 6.07. The van der Waals surface area contributed by atoms with Crippen LogP contribution >= 0.6 is 0 Å². The monoisotopic (exact) mass is 433 g/mol. The highest BCUT2D eigenvalue weighted by atomic mass is 16.3. The number of aliphatic hydroxyl groups is 1. The highest BCUT2D eigenvalue weighted by molar-refractivity contribution is 5.83. The smallest absolute Gasteiger partial charge is 0.222 e. The first-order valence-electron chi connectivity index (χ1n) is 13.0. The third-order valence-corrected chi connectivity index (χ3v) is 7.25. The molecular weight excluding hydrogens is 386 g/mol. The van der Waals surface area contributed by atoms with Gasteiger partial charge < -0.3 is 10.0 Å². The molecule has 1 N–H and O–H groups in total. The molecule has 0 aromatic rings. The number of hydrogen-bond donors (Lipinski definition) is 1. The Morgan fingerprint density at radius 3 is 2.71 bits per heavy atom. The van der Waals surface area contributed by atoms with Gasteiger partial charge in [-0.3, -0.25) is 9.59 Å². The van der Waals surface area contributed by atoms with Gasteiger partial charge in [0.2, 0.25) is 5.91 Å². The van der Waals surface area contributed by atoms with Crippen molar-refractivity contribution in [2.45, 2.75) is 117 Å². The Labute approximate surface area is 190 Å². The largest absolute Gasteiger partial charge is 0.389 e. The molecule has 0 radical (unpaired) electrons. The molecule has 0 aromatic heterocycles. The van der Waals surface area contributed by atoms with Gasteiger partial charge in [-0.2, -0.15) is 0 Å². The molecule has 4 heteroatoms. The van der Waals surface area contributed by atoms with Crippen LogP contribution in [0.2, 0.25) is 0 Å². The lowest BCUT2D eigenvalue weighted by Gasteiger charge is -2.38. The standard InChI is InChI=1S/C27H47NO3/c1-4-5-8-12-23(29)17-15-22-16-18-25(30)24(22)13-9-6-7-10-14-26(31)28-20-11-19-27(2,3)21-28/h15,17,22-24,29H,4-14,16,18-21H2,1-3H3. The maximum atomic E-state index is 12.5. The third-order valence-electron chi connectivity index (χ3n) is 7.25. The first-order chi connectivity index (χ1) is 14.8. The number of amides is 1. The Bertz CT molecular complexity index is 583. The Kier molecular flexibility index (Phi) is 11.3. The number of likely N-dealkylation sites (tertiary alicyclic amines) is 1. The minimum atomic E-state index is -0.370. The molecule has 1 amide bonds. The van der Waals surface area contributed by atoms with E-state index < -0.39 is 0 Å². The number of nitrogens with zero attached hydrogens (tertiary/aromatic N) is 1. The number of allylic oxidation sites excluding steroid dienone is 1. The van der Waals surface area contributed by atoms with Crippen LogP contribution in [0, 0.1) is 17.3 Å². The van der Waals surface area contributed by atoms with E-state index in [2.05, 4.69) is 31.7 Å². The zero-order valence-electron chi connectivity index (χ0n) is 20.4. The number of ketones is 1. The summed E-state index contributed by atoms with van der Waals surface area (Å²) in [7, 11) is 0. The van der Waals surface area contributed by atoms with Gasteiger partial charge in [0.05, 0.1) is 6.10 Å². The van der Waals surface area contributed by atoms with Crippen molar-refractivity contribution in [1.82, 2.24) is 4.90 Å². The molecule has 31 heavy (non-hydrogen) atoms. The van der Waals surface area contributed by atoms with E-state index in [-0.39, 0.29) is 17.4 Å². The van der Waals surface area contributed by atoms with Crippen molar-refractivity contribution in [3.63, 3.8) is 0 Å². The Hall–Kier alpha value is -1.16. The van der Waals surface area contributed by atoms with Crippen molar-refractivity contribution >= 4 is 11.7 Å². The van der Waals surface area contributed by atoms with E-state index in [1.165, 1.54) is 12.8 Å². The molecule has 0 aromatic carbocycles. The summed E-state index contributed by atoms with van der Waals surface area (Å²) in [6, 6.07) is 0. The van der Waals surface area contributed by atoms with Gasteiger partial charge in [-0.15, -0.1) is 0 Å². The highest BCUT2D eigenvalue weighted by Crippen LogP contribution is 2.34. The second-order valence-corrected chi connectivity index (χ2v) is 10.8. The number of piperidine rings is 1. The molecule has 2 aliphatic rings. The molecule has 4 nitrogen and oxygen atoms in total. The summed E-state index contributed by atoms with van der Waals surface area (Å²) in [6.45, 7) is 8.51. The van der Waals surface area contributed by atoms with Crippen LogP contribution in [0.3, 0.4) is 0 Å². The van der Waals surface area contributed by atoms with Gasteiger partial charge >= 0.3 is 0 Å². The Balaban J connectivity index is 1.61. The van der Waals surface area contributed by atoms with Crippen molar-refractivity contribution in [2.75, 3.05) is 13.1 Å². The molecule has 1 saturated carbocycles. The average Bonchev–Trinajstić information content (AvgIpc) is 3.07. The second-order valence-electron chi connectivity index (χ2n) is 10.8. The number of carbonyl (C=O) groups excluding carboxylic acids is 2. The fourth-order valence-electron chi connectivity index (χ4n) is 5.30. The van der Waals surface area contributed by atoms with E-state index in [0.29, 0.717) is 30.4 Å². The fourth-order valence-corrected chi connectivity index (χ4v) is 5.30. The predicted molar refractivity (Wildman–Crippen MR) is 128 cm³/mol. The number of aliphatic hydroxyl groups excluding tert-OH is 1. The molecule has 3 unspecified atom stereocenters. The number of hydrogen-bond acceptors (Lipinski definition) is 3. The average molecular weight is 434 g/mol. The summed E-state index contributed by atoms with van der Waals surface area (Å²) in [5, 5.41) is 10.1. The summed E-state index contributed by atoms with van der Waals surface area (Å²) in [5.41, 5.74) is 0.262. The highest BCUT2D eigenvalue weighted by Gasteiger charge is 2.32. The lowest BCUT2D eigenvalue weighted by atomic mass is 9.84. The van der Waals surface area contributed by atoms with Gasteiger partial charge in [0.25, 0.3) is 0 Å². The minimum Gasteiger partial charge on any atom is -0.389 e. The SMILES string of the molecule is CCCCCC(O)C=CC1CCC(=O)C1CCCCCCC(=O)N1CCCC(C)(C)C1. The van der Waals surface area contributed by atoms with Crippen LogP contribution in [-0.4, -0.2) is 40.9 Å². The number of Topliss-reactive ketones (excluding diaryl/α,β-unsaturated/α-hetero) is 1. The van der Waals surface area contributed by atoms with E-state index in [9.17, 15) is 14.7 Å². The van der Waals surface area contributed by atoms with Gasteiger partial charge in [-0.25, -0.2) is 0 Å². The van der Waals surface area contributed by atoms with Gasteiger partial charge in [0, 0.05) is 31.8 Å². The maximum absolute atomic E-state index is 12.5. The quantitative estimate of drug-likeness (QED) is 0.283. The minimum absolute atomic E-state index is 0.135. The Morgan fingerprint density at radius 1 is 1.19 bits per heavy atom. The summed E-state index contributed by atoms with van der Waals surface area (Å²) in [6.07, 6.45) is 17.7. The van der Waals surface area contributed by atoms with E-state index >= 15 is 0 Å². The molecule has 178 valence electrons. The van der Waals surface area contributed by atoms with Crippen LogP contribution in [-0.2, 0) is 9.59 Å². The molecule has 3 atom stereocenters. The van der Waals surface area contributed by atoms with Crippen LogP contribution in [0.15, 0.2) is 12.2 Å². The topological polar surface area (TPSA) is 57.6 Å². The maximum Gasteiger partial charge on any atom is 0.222 e. The number of unbranched alkanes of at least 4 members (excludes halogenated alkanes) is 5. The Morgan fingerprint density at radius 2 is 1.97 bits per heavy atom. The van der Waals surface area contributed by atoms with E-state index in [1.807, 2.05) is 6.08 Å². The van der Waals surface area contributed by atoms with Crippen LogP contribution < -0.4 is 0 Å². The molecule has 2 rings (SSSR count). The van der Waals surface area contributed by atoms with Gasteiger partial charge in [-0.05, 0) is 49.9 Å². The lowest BCUT2D eigenvalue weighted by molar-refractivity contribution is -0.134. The van der Waals surface area contributed by atoms with Gasteiger partial charge in [-0.1, -0.05) is 71.4 Å². The first-order valence-corrected chi connectivity index (χ1v) is 13.0. The summed E-state index contributed by atoms with van der Waals surface area (Å²) >= 11 is 0. The number of carbonyl (C=O) groups is 2. The van der Waals surface area contributed by atoms with Crippen molar-refractivity contribution < 1.29 is 14.7 Å². The normalized spacial score (nSPS) is 24.8. The van der Waals surface area contributed by atoms with E-state index in [1.54, 1.807) is 0 Å². The van der Waals surface area contributed by atoms with Gasteiger partial charge in [0.1, 0.15) is 5.78 Å². The van der Waals surface area contributed by atoms with E-state index in [0.717, 1.165) is 77.3 Å². The molecule has 0 bridgehead atoms. The van der Waals surface area contributed by atoms with Crippen LogP contribution in [0.25, 0.3) is 0 Å². The lowest BCUT2D eigenvalue weighted by Crippen LogP contribution is -2.43. The van der Waals surface area contributed by atoms with Crippen LogP contribution in [0.4, 0.5) is 0 Å². The van der Waals surface area contributed by atoms with Gasteiger partial charge in [0.15, 0.2) is 0 Å². The zero-order chi connectivity index (χ0) is 22.7. The molecule has 0 spiro atoms. The molecular formula is C27H47NO3. The fraction of sp³-hybridized carbons (Fsp3) is 0.852. The summed E-state index contributed by atoms with van der Waals surface area (Å²) in [5.74, 6) is 1.16. The molecule has 2 fully saturated rings. The van der Waals surface area contributed by atoms with Crippen LogP contribution in [0.5, 0.6) is 0 Å². The van der Waals surface area contributed by atoms with E-state index in [4.69, 9.17) is 0 Å². The van der Waals surface area contributed by atoms with Crippen molar-refractivity contribution in [1.29, 1.82) is 0 Å². The van der Waals surface area contributed by atoms with Crippen molar-refractivity contribution in [2.24, 2.45) is 17.3 Å². The third kappa shape index (κ3) is 9.47. The number of rotatable bonds is 13.